The van der Waals surface area contributed by atoms with E-state index < -0.39 is 9.84 Å². The Morgan fingerprint density at radius 2 is 2.25 bits per heavy atom. The molecule has 0 saturated heterocycles. The summed E-state index contributed by atoms with van der Waals surface area (Å²) in [5.41, 5.74) is 0.586. The first-order valence-corrected chi connectivity index (χ1v) is 9.03. The minimum Gasteiger partial charge on any atom is -0.337 e. The highest BCUT2D eigenvalue weighted by molar-refractivity contribution is 7.94. The lowest BCUT2D eigenvalue weighted by Crippen LogP contribution is -2.28. The van der Waals surface area contributed by atoms with Gasteiger partial charge in [0.1, 0.15) is 5.69 Å². The van der Waals surface area contributed by atoms with E-state index in [1.165, 1.54) is 10.3 Å². The van der Waals surface area contributed by atoms with E-state index in [1.54, 1.807) is 31.5 Å². The first kappa shape index (κ1) is 16.3. The van der Waals surface area contributed by atoms with E-state index >= 15 is 0 Å². The van der Waals surface area contributed by atoms with Crippen molar-refractivity contribution in [2.24, 2.45) is 5.92 Å². The molecular formula is C15H16N4O4S. The molecular weight excluding hydrogens is 332 g/mol. The second kappa shape index (κ2) is 6.52. The second-order valence-electron chi connectivity index (χ2n) is 5.60. The summed E-state index contributed by atoms with van der Waals surface area (Å²) in [6.45, 7) is 0.155. The average molecular weight is 348 g/mol. The van der Waals surface area contributed by atoms with Crippen molar-refractivity contribution in [3.05, 3.63) is 41.8 Å². The van der Waals surface area contributed by atoms with Crippen LogP contribution in [0.3, 0.4) is 0 Å². The highest BCUT2D eigenvalue weighted by atomic mass is 32.2. The Morgan fingerprint density at radius 3 is 2.92 bits per heavy atom. The summed E-state index contributed by atoms with van der Waals surface area (Å²) in [7, 11) is -1.54. The van der Waals surface area contributed by atoms with Gasteiger partial charge in [0.25, 0.3) is 0 Å². The van der Waals surface area contributed by atoms with Gasteiger partial charge in [-0.3, -0.25) is 9.78 Å². The number of sulfone groups is 1. The van der Waals surface area contributed by atoms with Crippen molar-refractivity contribution in [1.29, 1.82) is 0 Å². The van der Waals surface area contributed by atoms with E-state index in [0.717, 1.165) is 0 Å². The van der Waals surface area contributed by atoms with Gasteiger partial charge in [-0.05, 0) is 12.1 Å². The van der Waals surface area contributed by atoms with Gasteiger partial charge in [0.15, 0.2) is 9.84 Å². The van der Waals surface area contributed by atoms with Gasteiger partial charge in [-0.15, -0.1) is 0 Å². The molecule has 8 nitrogen and oxygen atoms in total. The normalized spacial score (nSPS) is 18.6. The minimum atomic E-state index is -3.15. The monoisotopic (exact) mass is 348 g/mol. The van der Waals surface area contributed by atoms with Crippen LogP contribution >= 0.6 is 0 Å². The number of nitrogens with zero attached hydrogens (tertiary/aromatic N) is 4. The molecule has 0 saturated carbocycles. The fourth-order valence-corrected chi connectivity index (χ4v) is 3.76. The van der Waals surface area contributed by atoms with E-state index in [1.807, 2.05) is 6.07 Å². The first-order valence-electron chi connectivity index (χ1n) is 7.32. The lowest BCUT2D eigenvalue weighted by atomic mass is 10.1. The lowest BCUT2D eigenvalue weighted by Gasteiger charge is -2.16. The number of rotatable bonds is 5. The molecule has 3 rings (SSSR count). The summed E-state index contributed by atoms with van der Waals surface area (Å²) in [6.07, 6.45) is 3.32. The van der Waals surface area contributed by atoms with Gasteiger partial charge in [-0.1, -0.05) is 17.3 Å². The van der Waals surface area contributed by atoms with Gasteiger partial charge in [-0.2, -0.15) is 4.98 Å². The maximum absolute atomic E-state index is 12.2. The molecule has 0 radical (unpaired) electrons. The van der Waals surface area contributed by atoms with Crippen molar-refractivity contribution in [2.75, 3.05) is 12.8 Å². The second-order valence-corrected chi connectivity index (χ2v) is 7.53. The zero-order valence-corrected chi connectivity index (χ0v) is 13.8. The Morgan fingerprint density at radius 1 is 1.42 bits per heavy atom. The van der Waals surface area contributed by atoms with Crippen molar-refractivity contribution in [3.8, 4) is 11.5 Å². The number of allylic oxidation sites excluding steroid dienone is 1. The van der Waals surface area contributed by atoms with Gasteiger partial charge in [0.2, 0.25) is 17.6 Å². The first-order chi connectivity index (χ1) is 11.4. The molecule has 126 valence electrons. The van der Waals surface area contributed by atoms with E-state index in [-0.39, 0.29) is 30.5 Å². The van der Waals surface area contributed by atoms with Crippen LogP contribution in [-0.4, -0.2) is 47.2 Å². The van der Waals surface area contributed by atoms with E-state index in [2.05, 4.69) is 15.1 Å². The number of carbonyl (C=O) groups excluding carboxylic acids is 1. The number of aromatic nitrogens is 3. The summed E-state index contributed by atoms with van der Waals surface area (Å²) in [5, 5.41) is 5.01. The fraction of sp³-hybridized carbons (Fsp3) is 0.333. The third kappa shape index (κ3) is 3.85. The molecule has 0 aliphatic carbocycles. The predicted molar refractivity (Wildman–Crippen MR) is 85.0 cm³/mol. The molecule has 0 fully saturated rings. The zero-order chi connectivity index (χ0) is 17.2. The molecule has 0 N–H and O–H groups in total. The summed E-state index contributed by atoms with van der Waals surface area (Å²) in [4.78, 5) is 22.0. The molecule has 9 heteroatoms. The molecule has 0 unspecified atom stereocenters. The molecule has 1 amide bonds. The summed E-state index contributed by atoms with van der Waals surface area (Å²) >= 11 is 0. The lowest BCUT2D eigenvalue weighted by molar-refractivity contribution is -0.131. The van der Waals surface area contributed by atoms with Crippen molar-refractivity contribution in [2.45, 2.75) is 13.0 Å². The Balaban J connectivity index is 1.59. The van der Waals surface area contributed by atoms with Crippen LogP contribution in [0.1, 0.15) is 12.3 Å². The third-order valence-corrected chi connectivity index (χ3v) is 5.07. The standard InChI is InChI=1S/C15H16N4O4S/c1-19(14(20)8-11-5-7-24(21,22)10-11)9-13-17-15(18-23-13)12-4-2-3-6-16-12/h2-7,11H,8-10H2,1H3/t11-/m0/s1. The number of hydrogen-bond donors (Lipinski definition) is 0. The molecule has 2 aromatic rings. The highest BCUT2D eigenvalue weighted by Crippen LogP contribution is 2.19. The highest BCUT2D eigenvalue weighted by Gasteiger charge is 2.25. The van der Waals surface area contributed by atoms with E-state index in [0.29, 0.717) is 17.4 Å². The zero-order valence-electron chi connectivity index (χ0n) is 13.0. The van der Waals surface area contributed by atoms with Crippen LogP contribution in [-0.2, 0) is 21.2 Å². The topological polar surface area (TPSA) is 106 Å². The molecule has 0 bridgehead atoms. The largest absolute Gasteiger partial charge is 0.337 e. The van der Waals surface area contributed by atoms with Gasteiger partial charge in [-0.25, -0.2) is 8.42 Å². The molecule has 0 aromatic carbocycles. The molecule has 1 atom stereocenters. The van der Waals surface area contributed by atoms with Crippen LogP contribution in [0, 0.1) is 5.92 Å². The molecule has 3 heterocycles. The predicted octanol–water partition coefficient (Wildman–Crippen LogP) is 1.04. The SMILES string of the molecule is CN(Cc1nc(-c2ccccn2)no1)C(=O)C[C@@H]1C=CS(=O)(=O)C1. The van der Waals surface area contributed by atoms with Crippen LogP contribution in [0.15, 0.2) is 40.4 Å². The van der Waals surface area contributed by atoms with Crippen LogP contribution < -0.4 is 0 Å². The molecule has 1 aliphatic rings. The molecule has 1 aliphatic heterocycles. The van der Waals surface area contributed by atoms with E-state index in [9.17, 15) is 13.2 Å². The van der Waals surface area contributed by atoms with Crippen LogP contribution in [0.5, 0.6) is 0 Å². The molecule has 24 heavy (non-hydrogen) atoms. The maximum atomic E-state index is 12.2. The summed E-state index contributed by atoms with van der Waals surface area (Å²) in [6, 6.07) is 5.36. The van der Waals surface area contributed by atoms with Gasteiger partial charge >= 0.3 is 0 Å². The van der Waals surface area contributed by atoms with Crippen molar-refractivity contribution < 1.29 is 17.7 Å². The number of amides is 1. The number of hydrogen-bond acceptors (Lipinski definition) is 7. The van der Waals surface area contributed by atoms with Crippen molar-refractivity contribution in [3.63, 3.8) is 0 Å². The Bertz CT molecular complexity index is 861. The van der Waals surface area contributed by atoms with Crippen molar-refractivity contribution in [1.82, 2.24) is 20.0 Å². The van der Waals surface area contributed by atoms with E-state index in [4.69, 9.17) is 4.52 Å². The number of pyridine rings is 1. The average Bonchev–Trinajstić information content (AvgIpc) is 3.14. The Labute approximate surface area is 139 Å². The quantitative estimate of drug-likeness (QED) is 0.794. The van der Waals surface area contributed by atoms with Crippen molar-refractivity contribution >= 4 is 15.7 Å². The van der Waals surface area contributed by atoms with Crippen LogP contribution in [0.4, 0.5) is 0 Å². The Hall–Kier alpha value is -2.55. The molecule has 0 spiro atoms. The third-order valence-electron chi connectivity index (χ3n) is 3.60. The van der Waals surface area contributed by atoms with Crippen LogP contribution in [0.2, 0.25) is 0 Å². The van der Waals surface area contributed by atoms with Gasteiger partial charge in [0.05, 0.1) is 12.3 Å². The van der Waals surface area contributed by atoms with Crippen LogP contribution in [0.25, 0.3) is 11.5 Å². The number of carbonyl (C=O) groups is 1. The van der Waals surface area contributed by atoms with Gasteiger partial charge < -0.3 is 9.42 Å². The fourth-order valence-electron chi connectivity index (χ4n) is 2.36. The smallest absolute Gasteiger partial charge is 0.246 e. The minimum absolute atomic E-state index is 0.0169. The summed E-state index contributed by atoms with van der Waals surface area (Å²) in [5.74, 6) is 0.171. The van der Waals surface area contributed by atoms with Gasteiger partial charge in [0, 0.05) is 31.0 Å². The molecule has 2 aromatic heterocycles. The Kier molecular flexibility index (Phi) is 4.43. The summed E-state index contributed by atoms with van der Waals surface area (Å²) < 4.78 is 27.9. The maximum Gasteiger partial charge on any atom is 0.246 e.